The fourth-order valence-corrected chi connectivity index (χ4v) is 1.06. The zero-order valence-corrected chi connectivity index (χ0v) is 7.43. The molecule has 0 aliphatic heterocycles. The lowest BCUT2D eigenvalue weighted by molar-refractivity contribution is 0.579. The van der Waals surface area contributed by atoms with Crippen molar-refractivity contribution in [3.8, 4) is 5.75 Å². The molecule has 0 saturated heterocycles. The molecule has 1 aromatic carbocycles. The molecular weight excluding hydrogens is 168 g/mol. The van der Waals surface area contributed by atoms with E-state index in [0.29, 0.717) is 0 Å². The van der Waals surface area contributed by atoms with E-state index >= 15 is 0 Å². The van der Waals surface area contributed by atoms with Crippen LogP contribution in [0.5, 0.6) is 5.75 Å². The number of hydrogen-bond donors (Lipinski definition) is 0. The molecule has 0 N–H and O–H groups in total. The Labute approximate surface area is 77.7 Å². The first-order valence-electron chi connectivity index (χ1n) is 3.61. The molecule has 1 nitrogen and oxygen atoms in total. The van der Waals surface area contributed by atoms with Crippen molar-refractivity contribution < 1.29 is 4.74 Å². The summed E-state index contributed by atoms with van der Waals surface area (Å²) in [6.07, 6.45) is 2.61. The maximum atomic E-state index is 5.01. The minimum Gasteiger partial charge on any atom is -0.441 e. The summed E-state index contributed by atoms with van der Waals surface area (Å²) in [6, 6.07) is 7.69. The fourth-order valence-electron chi connectivity index (χ4n) is 0.972. The van der Waals surface area contributed by atoms with E-state index in [4.69, 9.17) is 4.74 Å². The van der Waals surface area contributed by atoms with Crippen LogP contribution >= 0.6 is 12.2 Å². The van der Waals surface area contributed by atoms with Crippen LogP contribution in [0, 0.1) is 0 Å². The number of allylic oxidation sites excluding steroid dienone is 1. The van der Waals surface area contributed by atoms with Crippen molar-refractivity contribution in [2.24, 2.45) is 0 Å². The molecule has 0 atom stereocenters. The molecule has 0 bridgehead atoms. The summed E-state index contributed by atoms with van der Waals surface area (Å²) < 4.78 is 5.01. The molecule has 0 amide bonds. The highest BCUT2D eigenvalue weighted by atomic mass is 32.1. The average molecular weight is 177 g/mol. The van der Waals surface area contributed by atoms with E-state index in [1.54, 1.807) is 0 Å². The second-order valence-electron chi connectivity index (χ2n) is 2.29. The molecule has 0 aliphatic rings. The van der Waals surface area contributed by atoms with Gasteiger partial charge in [0.2, 0.25) is 5.55 Å². The topological polar surface area (TPSA) is 9.23 Å². The van der Waals surface area contributed by atoms with Crippen LogP contribution in [0.25, 0.3) is 0 Å². The summed E-state index contributed by atoms with van der Waals surface area (Å²) in [4.78, 5) is 0. The van der Waals surface area contributed by atoms with Crippen LogP contribution in [0.2, 0.25) is 0 Å². The van der Waals surface area contributed by atoms with E-state index in [9.17, 15) is 0 Å². The Morgan fingerprint density at radius 3 is 2.92 bits per heavy atom. The smallest absolute Gasteiger partial charge is 0.245 e. The summed E-state index contributed by atoms with van der Waals surface area (Å²) in [5, 5.41) is 0. The molecule has 1 aromatic rings. The Hall–Kier alpha value is -1.15. The molecule has 0 aromatic heterocycles. The molecule has 0 spiro atoms. The number of benzene rings is 1. The highest BCUT2D eigenvalue weighted by molar-refractivity contribution is 7.78. The third-order valence-corrected chi connectivity index (χ3v) is 1.57. The van der Waals surface area contributed by atoms with Gasteiger partial charge in [0.05, 0.1) is 0 Å². The quantitative estimate of drug-likeness (QED) is 0.516. The standard InChI is InChI=1S/C10H9OS/c1-2-5-9-6-3-4-7-10(9)11-8-12/h2-4,6-7H,1,5H2. The van der Waals surface area contributed by atoms with Crippen molar-refractivity contribution in [2.45, 2.75) is 6.42 Å². The molecule has 0 unspecified atom stereocenters. The highest BCUT2D eigenvalue weighted by Gasteiger charge is 1.98. The number of para-hydroxylation sites is 1. The van der Waals surface area contributed by atoms with Crippen molar-refractivity contribution in [3.05, 3.63) is 42.5 Å². The zero-order valence-electron chi connectivity index (χ0n) is 6.62. The van der Waals surface area contributed by atoms with Gasteiger partial charge in [0, 0.05) is 0 Å². The van der Waals surface area contributed by atoms with E-state index in [-0.39, 0.29) is 0 Å². The minimum atomic E-state index is 0.757. The molecule has 0 aliphatic carbocycles. The van der Waals surface area contributed by atoms with Crippen LogP contribution in [0.3, 0.4) is 0 Å². The van der Waals surface area contributed by atoms with Crippen molar-refractivity contribution in [2.75, 3.05) is 0 Å². The predicted molar refractivity (Wildman–Crippen MR) is 53.6 cm³/mol. The van der Waals surface area contributed by atoms with Gasteiger partial charge in [0.15, 0.2) is 0 Å². The SMILES string of the molecule is C=CCc1ccccc1O[C]=S. The van der Waals surface area contributed by atoms with Crippen LogP contribution in [0.1, 0.15) is 5.56 Å². The number of thiocarbonyl (C=S) groups is 1. The normalized spacial score (nSPS) is 9.00. The molecule has 0 fully saturated rings. The largest absolute Gasteiger partial charge is 0.441 e. The van der Waals surface area contributed by atoms with Crippen molar-refractivity contribution in [3.63, 3.8) is 0 Å². The monoisotopic (exact) mass is 177 g/mol. The van der Waals surface area contributed by atoms with Crippen molar-refractivity contribution in [1.29, 1.82) is 0 Å². The van der Waals surface area contributed by atoms with Gasteiger partial charge < -0.3 is 4.74 Å². The summed E-state index contributed by atoms with van der Waals surface area (Å²) in [7, 11) is 0. The first kappa shape index (κ1) is 8.94. The van der Waals surface area contributed by atoms with Gasteiger partial charge in [-0.25, -0.2) is 0 Å². The second kappa shape index (κ2) is 4.67. The number of ether oxygens (including phenoxy) is 1. The van der Waals surface area contributed by atoms with Gasteiger partial charge in [0.1, 0.15) is 5.75 Å². The van der Waals surface area contributed by atoms with E-state index in [1.807, 2.05) is 30.3 Å². The lowest BCUT2D eigenvalue weighted by atomic mass is 10.1. The molecule has 0 heterocycles. The van der Waals surface area contributed by atoms with Crippen LogP contribution in [0.4, 0.5) is 0 Å². The molecule has 1 rings (SSSR count). The maximum absolute atomic E-state index is 5.01. The third-order valence-electron chi connectivity index (χ3n) is 1.49. The Morgan fingerprint density at radius 2 is 2.25 bits per heavy atom. The molecule has 0 saturated carbocycles. The van der Waals surface area contributed by atoms with Crippen molar-refractivity contribution in [1.82, 2.24) is 0 Å². The van der Waals surface area contributed by atoms with Gasteiger partial charge in [-0.1, -0.05) is 24.3 Å². The van der Waals surface area contributed by atoms with Gasteiger partial charge >= 0.3 is 0 Å². The molecule has 61 valence electrons. The van der Waals surface area contributed by atoms with E-state index in [2.05, 4.69) is 24.4 Å². The van der Waals surface area contributed by atoms with Gasteiger partial charge in [0.25, 0.3) is 0 Å². The molecular formula is C10H9OS. The van der Waals surface area contributed by atoms with Gasteiger partial charge in [-0.2, -0.15) is 0 Å². The van der Waals surface area contributed by atoms with Gasteiger partial charge in [-0.15, -0.1) is 6.58 Å². The molecule has 12 heavy (non-hydrogen) atoms. The van der Waals surface area contributed by atoms with Gasteiger partial charge in [-0.05, 0) is 30.3 Å². The molecule has 2 heteroatoms. The molecule has 1 radical (unpaired) electrons. The highest BCUT2D eigenvalue weighted by Crippen LogP contribution is 2.17. The summed E-state index contributed by atoms with van der Waals surface area (Å²) in [5.74, 6) is 0.757. The van der Waals surface area contributed by atoms with Crippen molar-refractivity contribution >= 4 is 17.8 Å². The van der Waals surface area contributed by atoms with E-state index < -0.39 is 0 Å². The third kappa shape index (κ3) is 2.17. The average Bonchev–Trinajstić information content (AvgIpc) is 2.09. The van der Waals surface area contributed by atoms with Crippen LogP contribution in [-0.2, 0) is 6.42 Å². The Kier molecular flexibility index (Phi) is 3.48. The van der Waals surface area contributed by atoms with Crippen LogP contribution in [-0.4, -0.2) is 5.55 Å². The second-order valence-corrected chi connectivity index (χ2v) is 2.45. The first-order valence-corrected chi connectivity index (χ1v) is 4.02. The summed E-state index contributed by atoms with van der Waals surface area (Å²) in [6.45, 7) is 3.66. The van der Waals surface area contributed by atoms with E-state index in [1.165, 1.54) is 0 Å². The number of hydrogen-bond acceptors (Lipinski definition) is 2. The summed E-state index contributed by atoms with van der Waals surface area (Å²) >= 11 is 4.48. The Balaban J connectivity index is 2.90. The maximum Gasteiger partial charge on any atom is 0.245 e. The lowest BCUT2D eigenvalue weighted by Crippen LogP contribution is -1.91. The summed E-state index contributed by atoms with van der Waals surface area (Å²) in [5.41, 5.74) is 3.31. The predicted octanol–water partition coefficient (Wildman–Crippen LogP) is 2.63. The Morgan fingerprint density at radius 1 is 1.50 bits per heavy atom. The minimum absolute atomic E-state index is 0.757. The van der Waals surface area contributed by atoms with E-state index in [0.717, 1.165) is 17.7 Å². The number of rotatable bonds is 4. The van der Waals surface area contributed by atoms with Crippen LogP contribution in [0.15, 0.2) is 36.9 Å². The zero-order chi connectivity index (χ0) is 8.81. The first-order chi connectivity index (χ1) is 5.88. The fraction of sp³-hybridized carbons (Fsp3) is 0.100. The van der Waals surface area contributed by atoms with Gasteiger partial charge in [-0.3, -0.25) is 0 Å². The lowest BCUT2D eigenvalue weighted by Gasteiger charge is -2.03. The van der Waals surface area contributed by atoms with Crippen LogP contribution < -0.4 is 4.74 Å². The Bertz CT molecular complexity index is 252.